The normalized spacial score (nSPS) is 18.1. The van der Waals surface area contributed by atoms with E-state index in [1.165, 1.54) is 16.4 Å². The fourth-order valence-corrected chi connectivity index (χ4v) is 4.67. The van der Waals surface area contributed by atoms with E-state index in [1.807, 2.05) is 44.4 Å². The average molecular weight is 453 g/mol. The summed E-state index contributed by atoms with van der Waals surface area (Å²) in [5.74, 6) is 0.331. The molecule has 9 nitrogen and oxygen atoms in total. The summed E-state index contributed by atoms with van der Waals surface area (Å²) in [6, 6.07) is 7.48. The molecule has 1 fully saturated rings. The van der Waals surface area contributed by atoms with Crippen LogP contribution in [-0.4, -0.2) is 51.0 Å². The molecule has 0 aliphatic carbocycles. The van der Waals surface area contributed by atoms with Gasteiger partial charge in [-0.25, -0.2) is 14.8 Å². The predicted octanol–water partition coefficient (Wildman–Crippen LogP) is 3.23. The lowest BCUT2D eigenvalue weighted by molar-refractivity contribution is 0.0988. The highest BCUT2D eigenvalue weighted by atomic mass is 32.2. The monoisotopic (exact) mass is 452 g/mol. The Morgan fingerprint density at radius 3 is 2.84 bits per heavy atom. The van der Waals surface area contributed by atoms with Gasteiger partial charge in [0.1, 0.15) is 11.4 Å². The summed E-state index contributed by atoms with van der Waals surface area (Å²) in [6.07, 6.45) is 5.62. The van der Waals surface area contributed by atoms with Crippen LogP contribution in [-0.2, 0) is 0 Å². The van der Waals surface area contributed by atoms with Crippen molar-refractivity contribution >= 4 is 29.2 Å². The highest BCUT2D eigenvalue weighted by Gasteiger charge is 2.37. The summed E-state index contributed by atoms with van der Waals surface area (Å²) < 4.78 is 6.68. The maximum atomic E-state index is 13.6. The summed E-state index contributed by atoms with van der Waals surface area (Å²) in [5.41, 5.74) is 1.88. The maximum Gasteiger partial charge on any atom is 0.437 e. The Kier molecular flexibility index (Phi) is 5.24. The number of hydrogen-bond donors (Lipinski definition) is 0. The molecule has 2 aliphatic rings. The molecule has 1 aromatic carbocycles. The minimum atomic E-state index is -0.497. The Balaban J connectivity index is 1.56. The second-order valence-electron chi connectivity index (χ2n) is 8.26. The molecular weight excluding hydrogens is 428 g/mol. The van der Waals surface area contributed by atoms with Gasteiger partial charge >= 0.3 is 5.76 Å². The lowest BCUT2D eigenvalue weighted by Crippen LogP contribution is -2.39. The summed E-state index contributed by atoms with van der Waals surface area (Å²) in [7, 11) is 0. The van der Waals surface area contributed by atoms with Gasteiger partial charge < -0.3 is 14.2 Å². The molecule has 4 heterocycles. The molecule has 0 spiro atoms. The number of anilines is 2. The maximum absolute atomic E-state index is 13.6. The first kappa shape index (κ1) is 20.7. The van der Waals surface area contributed by atoms with Crippen molar-refractivity contribution in [2.24, 2.45) is 0 Å². The molecule has 1 amide bonds. The number of thioether (sulfide) groups is 1. The number of aromatic nitrogens is 4. The lowest BCUT2D eigenvalue weighted by atomic mass is 10.1. The lowest BCUT2D eigenvalue weighted by Gasteiger charge is -2.27. The third-order valence-electron chi connectivity index (χ3n) is 5.91. The van der Waals surface area contributed by atoms with Crippen molar-refractivity contribution in [3.63, 3.8) is 0 Å². The van der Waals surface area contributed by atoms with Crippen LogP contribution in [0, 0.1) is 0 Å². The van der Waals surface area contributed by atoms with Crippen LogP contribution in [0.15, 0.2) is 44.8 Å². The zero-order valence-corrected chi connectivity index (χ0v) is 19.0. The first-order chi connectivity index (χ1) is 15.5. The van der Waals surface area contributed by atoms with Gasteiger partial charge in [-0.2, -0.15) is 4.68 Å². The van der Waals surface area contributed by atoms with Gasteiger partial charge in [0.2, 0.25) is 5.89 Å². The third-order valence-corrected chi connectivity index (χ3v) is 6.47. The smallest absolute Gasteiger partial charge is 0.388 e. The first-order valence-corrected chi connectivity index (χ1v) is 11.9. The minimum absolute atomic E-state index is 0.105. The van der Waals surface area contributed by atoms with Crippen LogP contribution in [0.1, 0.15) is 43.1 Å². The Bertz CT molecular complexity index is 1240. The Morgan fingerprint density at radius 1 is 1.25 bits per heavy atom. The van der Waals surface area contributed by atoms with Gasteiger partial charge in [-0.15, -0.1) is 5.10 Å². The fourth-order valence-electron chi connectivity index (χ4n) is 4.33. The van der Waals surface area contributed by atoms with Crippen molar-refractivity contribution < 1.29 is 9.21 Å². The molecule has 166 valence electrons. The topological polar surface area (TPSA) is 97.4 Å². The largest absolute Gasteiger partial charge is 0.437 e. The number of fused-ring (bicyclic) bond motifs is 3. The molecular formula is C22H24N6O3S. The van der Waals surface area contributed by atoms with E-state index in [9.17, 15) is 9.59 Å². The number of rotatable bonds is 4. The summed E-state index contributed by atoms with van der Waals surface area (Å²) in [4.78, 5) is 38.7. The minimum Gasteiger partial charge on any atom is -0.388 e. The van der Waals surface area contributed by atoms with Crippen LogP contribution >= 0.6 is 11.8 Å². The molecule has 0 bridgehead atoms. The van der Waals surface area contributed by atoms with Crippen LogP contribution in [0.2, 0.25) is 0 Å². The van der Waals surface area contributed by atoms with Crippen molar-refractivity contribution in [3.8, 4) is 11.5 Å². The van der Waals surface area contributed by atoms with Crippen LogP contribution in [0.5, 0.6) is 0 Å². The molecule has 2 aromatic heterocycles. The Hall–Kier alpha value is -3.14. The summed E-state index contributed by atoms with van der Waals surface area (Å²) in [5, 5.41) is 4.98. The van der Waals surface area contributed by atoms with E-state index >= 15 is 0 Å². The van der Waals surface area contributed by atoms with Crippen molar-refractivity contribution in [1.82, 2.24) is 19.7 Å². The molecule has 1 saturated heterocycles. The Morgan fingerprint density at radius 2 is 2.09 bits per heavy atom. The zero-order valence-electron chi connectivity index (χ0n) is 18.2. The van der Waals surface area contributed by atoms with Crippen molar-refractivity contribution in [3.05, 3.63) is 46.6 Å². The number of benzene rings is 1. The Labute approximate surface area is 189 Å². The van der Waals surface area contributed by atoms with Crippen LogP contribution in [0.4, 0.5) is 11.5 Å². The SMILES string of the molecule is CSc1ncc2c(n1)N1CCC[C@H]1CN(c1cccc(-c3nn(C(C)C)c(=O)o3)c1)C2=O. The fraction of sp³-hybridized carbons (Fsp3) is 0.409. The van der Waals surface area contributed by atoms with Crippen molar-refractivity contribution in [2.45, 2.75) is 43.9 Å². The van der Waals surface area contributed by atoms with E-state index in [1.54, 1.807) is 11.1 Å². The van der Waals surface area contributed by atoms with Crippen molar-refractivity contribution in [2.75, 3.05) is 29.1 Å². The molecule has 5 rings (SSSR count). The molecule has 0 unspecified atom stereocenters. The predicted molar refractivity (Wildman–Crippen MR) is 122 cm³/mol. The standard InChI is InChI=1S/C22H24N6O3S/c1-13(2)28-22(30)31-19(25-28)14-6-4-7-15(10-14)27-12-16-8-5-9-26(16)18-17(20(27)29)11-23-21(24-18)32-3/h4,6-7,10-11,13,16H,5,8-9,12H2,1-3H3/t16-/m0/s1. The van der Waals surface area contributed by atoms with E-state index in [4.69, 9.17) is 4.42 Å². The molecule has 3 aromatic rings. The zero-order chi connectivity index (χ0) is 22.4. The van der Waals surface area contributed by atoms with Gasteiger partial charge in [0.05, 0.1) is 6.04 Å². The third kappa shape index (κ3) is 3.48. The number of nitrogens with zero attached hydrogens (tertiary/aromatic N) is 6. The molecule has 0 radical (unpaired) electrons. The first-order valence-electron chi connectivity index (χ1n) is 10.7. The molecule has 10 heteroatoms. The number of carbonyl (C=O) groups excluding carboxylic acids is 1. The van der Waals surface area contributed by atoms with E-state index in [0.29, 0.717) is 22.8 Å². The number of hydrogen-bond acceptors (Lipinski definition) is 8. The van der Waals surface area contributed by atoms with Gasteiger partial charge in [0, 0.05) is 36.6 Å². The number of carbonyl (C=O) groups is 1. The van der Waals surface area contributed by atoms with E-state index in [2.05, 4.69) is 20.0 Å². The van der Waals surface area contributed by atoms with E-state index < -0.39 is 5.76 Å². The van der Waals surface area contributed by atoms with Crippen LogP contribution < -0.4 is 15.6 Å². The van der Waals surface area contributed by atoms with Crippen LogP contribution in [0.25, 0.3) is 11.5 Å². The molecule has 0 N–H and O–H groups in total. The van der Waals surface area contributed by atoms with E-state index in [-0.39, 0.29) is 23.9 Å². The quantitative estimate of drug-likeness (QED) is 0.440. The summed E-state index contributed by atoms with van der Waals surface area (Å²) in [6.45, 7) is 5.17. The van der Waals surface area contributed by atoms with Gasteiger partial charge in [-0.3, -0.25) is 4.79 Å². The van der Waals surface area contributed by atoms with Crippen molar-refractivity contribution in [1.29, 1.82) is 0 Å². The van der Waals surface area contributed by atoms with Crippen LogP contribution in [0.3, 0.4) is 0 Å². The molecule has 32 heavy (non-hydrogen) atoms. The van der Waals surface area contributed by atoms with Gasteiger partial charge in [-0.1, -0.05) is 17.8 Å². The molecule has 2 aliphatic heterocycles. The molecule has 0 saturated carbocycles. The molecule has 1 atom stereocenters. The number of amides is 1. The van der Waals surface area contributed by atoms with Gasteiger partial charge in [-0.05, 0) is 51.1 Å². The van der Waals surface area contributed by atoms with Gasteiger partial charge in [0.25, 0.3) is 5.91 Å². The second kappa shape index (κ2) is 8.09. The summed E-state index contributed by atoms with van der Waals surface area (Å²) >= 11 is 1.47. The average Bonchev–Trinajstić information content (AvgIpc) is 3.40. The van der Waals surface area contributed by atoms with E-state index in [0.717, 1.165) is 30.9 Å². The van der Waals surface area contributed by atoms with Gasteiger partial charge in [0.15, 0.2) is 5.16 Å². The second-order valence-corrected chi connectivity index (χ2v) is 9.03. The highest BCUT2D eigenvalue weighted by molar-refractivity contribution is 7.98. The highest BCUT2D eigenvalue weighted by Crippen LogP contribution is 2.35.